The van der Waals surface area contributed by atoms with Gasteiger partial charge in [-0.3, -0.25) is 4.18 Å². The maximum absolute atomic E-state index is 13.2. The molecule has 0 unspecified atom stereocenters. The lowest BCUT2D eigenvalue weighted by atomic mass is 9.98. The van der Waals surface area contributed by atoms with Crippen molar-refractivity contribution in [2.45, 2.75) is 56.0 Å². The Balaban J connectivity index is 1.61. The largest absolute Gasteiger partial charge is 0.523 e. The van der Waals surface area contributed by atoms with Crippen LogP contribution in [0.4, 0.5) is 13.2 Å². The number of hydrogen-bond acceptors (Lipinski definition) is 8. The van der Waals surface area contributed by atoms with Gasteiger partial charge in [0, 0.05) is 0 Å². The van der Waals surface area contributed by atoms with Gasteiger partial charge in [0.1, 0.15) is 18.3 Å². The third-order valence-corrected chi connectivity index (χ3v) is 7.14. The summed E-state index contributed by atoms with van der Waals surface area (Å²) in [5.74, 6) is 0. The van der Waals surface area contributed by atoms with Gasteiger partial charge in [0.05, 0.1) is 26.4 Å². The minimum atomic E-state index is -6.11. The average molecular weight is 583 g/mol. The van der Waals surface area contributed by atoms with E-state index >= 15 is 0 Å². The van der Waals surface area contributed by atoms with Crippen LogP contribution in [0.5, 0.6) is 0 Å². The third kappa shape index (κ3) is 8.10. The van der Waals surface area contributed by atoms with Crippen molar-refractivity contribution in [2.75, 3.05) is 6.61 Å². The second-order valence-electron chi connectivity index (χ2n) is 9.05. The molecule has 5 atom stereocenters. The van der Waals surface area contributed by atoms with Gasteiger partial charge in [0.15, 0.2) is 12.4 Å². The van der Waals surface area contributed by atoms with Gasteiger partial charge in [-0.15, -0.1) is 0 Å². The number of benzene rings is 3. The van der Waals surface area contributed by atoms with Gasteiger partial charge in [-0.1, -0.05) is 91.0 Å². The van der Waals surface area contributed by atoms with Crippen LogP contribution in [-0.2, 0) is 53.1 Å². The second-order valence-corrected chi connectivity index (χ2v) is 10.6. The fourth-order valence-corrected chi connectivity index (χ4v) is 4.73. The summed E-state index contributed by atoms with van der Waals surface area (Å²) in [6, 6.07) is 26.8. The molecule has 1 fully saturated rings. The second kappa shape index (κ2) is 13.7. The van der Waals surface area contributed by atoms with E-state index in [1.54, 1.807) is 60.7 Å². The molecule has 8 nitrogen and oxygen atoms in total. The van der Waals surface area contributed by atoms with Gasteiger partial charge in [0.25, 0.3) is 0 Å². The number of ether oxygens (including phenoxy) is 4. The third-order valence-electron chi connectivity index (χ3n) is 6.09. The quantitative estimate of drug-likeness (QED) is 0.249. The molecular weight excluding hydrogens is 553 g/mol. The molecule has 0 bridgehead atoms. The summed E-state index contributed by atoms with van der Waals surface area (Å²) in [6.45, 7) is -0.105. The highest BCUT2D eigenvalue weighted by atomic mass is 32.2. The Hall–Kier alpha value is -2.84. The van der Waals surface area contributed by atoms with E-state index in [4.69, 9.17) is 18.9 Å². The zero-order valence-corrected chi connectivity index (χ0v) is 22.0. The number of rotatable bonds is 12. The lowest BCUT2D eigenvalue weighted by Crippen LogP contribution is -2.62. The summed E-state index contributed by atoms with van der Waals surface area (Å²) in [5.41, 5.74) is -3.48. The molecule has 1 aliphatic rings. The normalized spacial score (nSPS) is 23.6. The van der Waals surface area contributed by atoms with Gasteiger partial charge >= 0.3 is 15.6 Å². The molecule has 4 rings (SSSR count). The first-order chi connectivity index (χ1) is 19.1. The number of alkyl halides is 3. The highest BCUT2D eigenvalue weighted by Gasteiger charge is 2.55. The molecule has 0 spiro atoms. The fourth-order valence-electron chi connectivity index (χ4n) is 4.12. The van der Waals surface area contributed by atoms with Gasteiger partial charge in [-0.2, -0.15) is 21.6 Å². The lowest BCUT2D eigenvalue weighted by Gasteiger charge is -2.44. The van der Waals surface area contributed by atoms with E-state index in [1.807, 2.05) is 30.3 Å². The summed E-state index contributed by atoms with van der Waals surface area (Å²) >= 11 is 0. The van der Waals surface area contributed by atoms with Crippen molar-refractivity contribution < 1.29 is 49.8 Å². The van der Waals surface area contributed by atoms with Crippen LogP contribution < -0.4 is 0 Å². The van der Waals surface area contributed by atoms with Crippen molar-refractivity contribution in [1.29, 1.82) is 0 Å². The van der Waals surface area contributed by atoms with Crippen molar-refractivity contribution in [3.8, 4) is 0 Å². The van der Waals surface area contributed by atoms with Crippen LogP contribution in [0, 0.1) is 0 Å². The Morgan fingerprint density at radius 3 is 1.62 bits per heavy atom. The smallest absolute Gasteiger partial charge is 0.374 e. The monoisotopic (exact) mass is 582 g/mol. The highest BCUT2D eigenvalue weighted by molar-refractivity contribution is 7.87. The molecule has 40 heavy (non-hydrogen) atoms. The maximum Gasteiger partial charge on any atom is 0.523 e. The molecule has 3 aromatic rings. The van der Waals surface area contributed by atoms with Crippen molar-refractivity contribution >= 4 is 10.1 Å². The summed E-state index contributed by atoms with van der Waals surface area (Å²) in [6.07, 6.45) is -7.90. The standard InChI is InChI=1S/C28H29F3O8S/c29-28(30,31)40(33,34)39-26-25(37-18-22-14-8-3-9-15-22)24(36-17-21-12-6-2-7-13-21)23(38-27(26)32)19-35-16-20-10-4-1-5-11-20/h1-15,23-27,32H,16-19H2/t23-,24-,25+,26+,27+/m1/s1. The number of halogens is 3. The zero-order valence-electron chi connectivity index (χ0n) is 21.2. The Morgan fingerprint density at radius 2 is 1.15 bits per heavy atom. The van der Waals surface area contributed by atoms with E-state index in [-0.39, 0.29) is 26.4 Å². The highest BCUT2D eigenvalue weighted by Crippen LogP contribution is 2.34. The molecule has 216 valence electrons. The molecule has 0 aromatic heterocycles. The molecule has 0 amide bonds. The number of hydrogen-bond donors (Lipinski definition) is 1. The predicted molar refractivity (Wildman–Crippen MR) is 137 cm³/mol. The van der Waals surface area contributed by atoms with Crippen LogP contribution in [0.25, 0.3) is 0 Å². The van der Waals surface area contributed by atoms with E-state index in [1.165, 1.54) is 0 Å². The maximum atomic E-state index is 13.2. The fraction of sp³-hybridized carbons (Fsp3) is 0.357. The predicted octanol–water partition coefficient (Wildman–Crippen LogP) is 4.33. The van der Waals surface area contributed by atoms with Crippen LogP contribution in [0.15, 0.2) is 91.0 Å². The molecular formula is C28H29F3O8S. The van der Waals surface area contributed by atoms with Gasteiger partial charge < -0.3 is 24.1 Å². The Labute approximate surface area is 230 Å². The van der Waals surface area contributed by atoms with Crippen LogP contribution in [-0.4, -0.2) is 56.3 Å². The molecule has 0 radical (unpaired) electrons. The van der Waals surface area contributed by atoms with E-state index < -0.39 is 46.3 Å². The van der Waals surface area contributed by atoms with Crippen molar-refractivity contribution in [1.82, 2.24) is 0 Å². The molecule has 0 saturated carbocycles. The van der Waals surface area contributed by atoms with Crippen LogP contribution in [0.1, 0.15) is 16.7 Å². The minimum absolute atomic E-state index is 0.00984. The topological polar surface area (TPSA) is 101 Å². The van der Waals surface area contributed by atoms with E-state index in [0.717, 1.165) is 11.1 Å². The van der Waals surface area contributed by atoms with Crippen LogP contribution >= 0.6 is 0 Å². The molecule has 1 aliphatic heterocycles. The Morgan fingerprint density at radius 1 is 0.700 bits per heavy atom. The summed E-state index contributed by atoms with van der Waals surface area (Å²) in [7, 11) is -6.11. The van der Waals surface area contributed by atoms with E-state index in [9.17, 15) is 26.7 Å². The van der Waals surface area contributed by atoms with Gasteiger partial charge in [0.2, 0.25) is 0 Å². The van der Waals surface area contributed by atoms with Gasteiger partial charge in [-0.05, 0) is 16.7 Å². The van der Waals surface area contributed by atoms with Gasteiger partial charge in [-0.25, -0.2) is 0 Å². The van der Waals surface area contributed by atoms with Crippen molar-refractivity contribution in [2.24, 2.45) is 0 Å². The first-order valence-corrected chi connectivity index (χ1v) is 13.8. The lowest BCUT2D eigenvalue weighted by molar-refractivity contribution is -0.302. The van der Waals surface area contributed by atoms with Crippen LogP contribution in [0.2, 0.25) is 0 Å². The summed E-state index contributed by atoms with van der Waals surface area (Å²) in [5, 5.41) is 10.7. The molecule has 1 N–H and O–H groups in total. The summed E-state index contributed by atoms with van der Waals surface area (Å²) < 4.78 is 91.4. The SMILES string of the molecule is O=S(=O)(O[C@H]1[C@@H](OCc2ccccc2)[C@H](OCc2ccccc2)[C@@H](COCc2ccccc2)O[C@@H]1O)C(F)(F)F. The molecule has 1 saturated heterocycles. The zero-order chi connectivity index (χ0) is 28.6. The summed E-state index contributed by atoms with van der Waals surface area (Å²) in [4.78, 5) is 0. The molecule has 3 aromatic carbocycles. The Bertz CT molecular complexity index is 1280. The average Bonchev–Trinajstić information content (AvgIpc) is 2.94. The molecule has 12 heteroatoms. The first-order valence-electron chi connectivity index (χ1n) is 12.4. The van der Waals surface area contributed by atoms with Crippen LogP contribution in [0.3, 0.4) is 0 Å². The minimum Gasteiger partial charge on any atom is -0.374 e. The Kier molecular flexibility index (Phi) is 10.3. The number of aliphatic hydroxyl groups is 1. The van der Waals surface area contributed by atoms with Crippen molar-refractivity contribution in [3.63, 3.8) is 0 Å². The first kappa shape index (κ1) is 30.1. The van der Waals surface area contributed by atoms with E-state index in [2.05, 4.69) is 4.18 Å². The molecule has 0 aliphatic carbocycles. The molecule has 1 heterocycles. The number of aliphatic hydroxyl groups excluding tert-OH is 1. The van der Waals surface area contributed by atoms with Crippen molar-refractivity contribution in [3.05, 3.63) is 108 Å². The van der Waals surface area contributed by atoms with E-state index in [0.29, 0.717) is 5.56 Å².